The Bertz CT molecular complexity index is 758. The molecule has 3 aromatic rings. The fourth-order valence-electron chi connectivity index (χ4n) is 2.15. The van der Waals surface area contributed by atoms with Crippen molar-refractivity contribution in [3.8, 4) is 16.9 Å². The SMILES string of the molecule is Nc1c(Cl)cncc1-c1ccc(OCc2ccccc2)cc1. The molecule has 2 N–H and O–H groups in total. The Morgan fingerprint density at radius 2 is 1.68 bits per heavy atom. The van der Waals surface area contributed by atoms with Crippen LogP contribution in [-0.2, 0) is 6.61 Å². The molecule has 0 fully saturated rings. The maximum atomic E-state index is 6.00. The molecule has 110 valence electrons. The van der Waals surface area contributed by atoms with E-state index >= 15 is 0 Å². The number of halogens is 1. The van der Waals surface area contributed by atoms with Gasteiger partial charge in [-0.1, -0.05) is 54.1 Å². The summed E-state index contributed by atoms with van der Waals surface area (Å²) in [6, 6.07) is 17.8. The number of hydrogen-bond acceptors (Lipinski definition) is 3. The van der Waals surface area contributed by atoms with Gasteiger partial charge in [0.15, 0.2) is 0 Å². The number of rotatable bonds is 4. The Morgan fingerprint density at radius 1 is 0.955 bits per heavy atom. The van der Waals surface area contributed by atoms with Crippen molar-refractivity contribution in [3.63, 3.8) is 0 Å². The molecule has 3 nitrogen and oxygen atoms in total. The first-order chi connectivity index (χ1) is 10.7. The van der Waals surface area contributed by atoms with Crippen molar-refractivity contribution in [1.82, 2.24) is 4.98 Å². The van der Waals surface area contributed by atoms with E-state index in [1.807, 2.05) is 54.6 Å². The number of aromatic nitrogens is 1. The van der Waals surface area contributed by atoms with Gasteiger partial charge in [-0.05, 0) is 23.3 Å². The molecule has 3 rings (SSSR count). The lowest BCUT2D eigenvalue weighted by atomic mass is 10.1. The summed E-state index contributed by atoms with van der Waals surface area (Å²) >= 11 is 6.00. The zero-order valence-corrected chi connectivity index (χ0v) is 12.6. The standard InChI is InChI=1S/C18H15ClN2O/c19-17-11-21-10-16(18(17)20)14-6-8-15(9-7-14)22-12-13-4-2-1-3-5-13/h1-11H,12H2,(H2,20,21). The quantitative estimate of drug-likeness (QED) is 0.768. The van der Waals surface area contributed by atoms with Crippen molar-refractivity contribution in [2.45, 2.75) is 6.61 Å². The van der Waals surface area contributed by atoms with E-state index in [0.717, 1.165) is 22.4 Å². The number of hydrogen-bond donors (Lipinski definition) is 1. The van der Waals surface area contributed by atoms with Crippen molar-refractivity contribution in [2.75, 3.05) is 5.73 Å². The monoisotopic (exact) mass is 310 g/mol. The van der Waals surface area contributed by atoms with Crippen molar-refractivity contribution in [3.05, 3.63) is 77.6 Å². The molecule has 0 radical (unpaired) electrons. The molecule has 0 aliphatic carbocycles. The minimum Gasteiger partial charge on any atom is -0.489 e. The molecule has 4 heteroatoms. The molecule has 0 atom stereocenters. The van der Waals surface area contributed by atoms with Gasteiger partial charge < -0.3 is 10.5 Å². The second-order valence-corrected chi connectivity index (χ2v) is 5.29. The zero-order valence-electron chi connectivity index (χ0n) is 11.9. The predicted octanol–water partition coefficient (Wildman–Crippen LogP) is 4.56. The lowest BCUT2D eigenvalue weighted by molar-refractivity contribution is 0.306. The molecule has 0 saturated carbocycles. The topological polar surface area (TPSA) is 48.1 Å². The fraction of sp³-hybridized carbons (Fsp3) is 0.0556. The van der Waals surface area contributed by atoms with Gasteiger partial charge in [0.25, 0.3) is 0 Å². The van der Waals surface area contributed by atoms with Gasteiger partial charge in [-0.15, -0.1) is 0 Å². The van der Waals surface area contributed by atoms with Gasteiger partial charge in [0.1, 0.15) is 12.4 Å². The van der Waals surface area contributed by atoms with Crippen LogP contribution >= 0.6 is 11.6 Å². The highest BCUT2D eigenvalue weighted by Gasteiger charge is 2.06. The van der Waals surface area contributed by atoms with Crippen LogP contribution in [0.2, 0.25) is 5.02 Å². The molecule has 1 heterocycles. The first-order valence-electron chi connectivity index (χ1n) is 6.90. The van der Waals surface area contributed by atoms with Crippen LogP contribution in [0.1, 0.15) is 5.56 Å². The van der Waals surface area contributed by atoms with Crippen molar-refractivity contribution in [1.29, 1.82) is 0 Å². The highest BCUT2D eigenvalue weighted by molar-refractivity contribution is 6.33. The number of benzene rings is 2. The molecular formula is C18H15ClN2O. The van der Waals surface area contributed by atoms with Gasteiger partial charge in [-0.2, -0.15) is 0 Å². The molecule has 0 saturated heterocycles. The lowest BCUT2D eigenvalue weighted by Crippen LogP contribution is -1.95. The summed E-state index contributed by atoms with van der Waals surface area (Å²) in [5, 5.41) is 0.460. The van der Waals surface area contributed by atoms with E-state index in [9.17, 15) is 0 Å². The van der Waals surface area contributed by atoms with Gasteiger partial charge >= 0.3 is 0 Å². The molecule has 2 aromatic carbocycles. The maximum Gasteiger partial charge on any atom is 0.119 e. The van der Waals surface area contributed by atoms with Gasteiger partial charge in [-0.3, -0.25) is 4.98 Å². The smallest absolute Gasteiger partial charge is 0.119 e. The Morgan fingerprint density at radius 3 is 2.41 bits per heavy atom. The highest BCUT2D eigenvalue weighted by atomic mass is 35.5. The summed E-state index contributed by atoms with van der Waals surface area (Å²) in [7, 11) is 0. The number of ether oxygens (including phenoxy) is 1. The first-order valence-corrected chi connectivity index (χ1v) is 7.28. The average Bonchev–Trinajstić information content (AvgIpc) is 2.57. The van der Waals surface area contributed by atoms with Crippen LogP contribution in [0, 0.1) is 0 Å². The molecule has 1 aromatic heterocycles. The Balaban J connectivity index is 1.74. The van der Waals surface area contributed by atoms with Crippen LogP contribution in [0.15, 0.2) is 67.0 Å². The van der Waals surface area contributed by atoms with Crippen LogP contribution in [-0.4, -0.2) is 4.98 Å². The molecule has 0 bridgehead atoms. The third kappa shape index (κ3) is 3.21. The first kappa shape index (κ1) is 14.4. The van der Waals surface area contributed by atoms with Crippen molar-refractivity contribution < 1.29 is 4.74 Å². The van der Waals surface area contributed by atoms with E-state index in [1.165, 1.54) is 6.20 Å². The van der Waals surface area contributed by atoms with Crippen LogP contribution in [0.25, 0.3) is 11.1 Å². The fourth-order valence-corrected chi connectivity index (χ4v) is 2.30. The zero-order chi connectivity index (χ0) is 15.4. The minimum absolute atomic E-state index is 0.460. The number of nitrogen functional groups attached to an aromatic ring is 1. The summed E-state index contributed by atoms with van der Waals surface area (Å²) in [5.74, 6) is 0.807. The summed E-state index contributed by atoms with van der Waals surface area (Å²) in [6.45, 7) is 0.543. The van der Waals surface area contributed by atoms with E-state index in [-0.39, 0.29) is 0 Å². The second kappa shape index (κ2) is 6.50. The lowest BCUT2D eigenvalue weighted by Gasteiger charge is -2.09. The molecule has 0 unspecified atom stereocenters. The van der Waals surface area contributed by atoms with E-state index in [1.54, 1.807) is 6.20 Å². The Kier molecular flexibility index (Phi) is 4.26. The van der Waals surface area contributed by atoms with Gasteiger partial charge in [0.05, 0.1) is 10.7 Å². The van der Waals surface area contributed by atoms with E-state index in [4.69, 9.17) is 22.1 Å². The Hall–Kier alpha value is -2.52. The predicted molar refractivity (Wildman–Crippen MR) is 89.9 cm³/mol. The van der Waals surface area contributed by atoms with E-state index in [2.05, 4.69) is 4.98 Å². The molecule has 22 heavy (non-hydrogen) atoms. The summed E-state index contributed by atoms with van der Waals surface area (Å²) in [4.78, 5) is 4.08. The summed E-state index contributed by atoms with van der Waals surface area (Å²) in [5.41, 5.74) is 9.43. The van der Waals surface area contributed by atoms with Crippen molar-refractivity contribution >= 4 is 17.3 Å². The van der Waals surface area contributed by atoms with E-state index < -0.39 is 0 Å². The summed E-state index contributed by atoms with van der Waals surface area (Å²) < 4.78 is 5.76. The highest BCUT2D eigenvalue weighted by Crippen LogP contribution is 2.31. The molecule has 0 aliphatic heterocycles. The minimum atomic E-state index is 0.460. The van der Waals surface area contributed by atoms with Crippen LogP contribution in [0.3, 0.4) is 0 Å². The number of pyridine rings is 1. The molecule has 0 spiro atoms. The number of nitrogens with two attached hydrogens (primary N) is 1. The largest absolute Gasteiger partial charge is 0.489 e. The van der Waals surface area contributed by atoms with Crippen LogP contribution in [0.4, 0.5) is 5.69 Å². The third-order valence-corrected chi connectivity index (χ3v) is 3.65. The number of nitrogens with zero attached hydrogens (tertiary/aromatic N) is 1. The van der Waals surface area contributed by atoms with Gasteiger partial charge in [0.2, 0.25) is 0 Å². The Labute approximate surface area is 134 Å². The third-order valence-electron chi connectivity index (χ3n) is 3.35. The maximum absolute atomic E-state index is 6.00. The molecular weight excluding hydrogens is 296 g/mol. The van der Waals surface area contributed by atoms with Crippen LogP contribution < -0.4 is 10.5 Å². The normalized spacial score (nSPS) is 10.4. The van der Waals surface area contributed by atoms with Gasteiger partial charge in [-0.25, -0.2) is 0 Å². The van der Waals surface area contributed by atoms with E-state index in [0.29, 0.717) is 17.3 Å². The number of anilines is 1. The summed E-state index contributed by atoms with van der Waals surface area (Å²) in [6.07, 6.45) is 3.25. The van der Waals surface area contributed by atoms with Crippen molar-refractivity contribution in [2.24, 2.45) is 0 Å². The van der Waals surface area contributed by atoms with Crippen LogP contribution in [0.5, 0.6) is 5.75 Å². The molecule has 0 aliphatic rings. The second-order valence-electron chi connectivity index (χ2n) is 4.88. The van der Waals surface area contributed by atoms with Gasteiger partial charge in [0, 0.05) is 18.0 Å². The molecule has 0 amide bonds. The average molecular weight is 311 g/mol.